The Morgan fingerprint density at radius 2 is 0.531 bits per heavy atom. The minimum atomic E-state index is -0.542. The second-order valence-electron chi connectivity index (χ2n) is 9.65. The summed E-state index contributed by atoms with van der Waals surface area (Å²) in [7, 11) is -3.25. The molecule has 2 rings (SSSR count). The molecule has 2 aliphatic rings. The average molecular weight is 693 g/mol. The zero-order valence-electron chi connectivity index (χ0n) is 23.7. The molecule has 0 aromatic carbocycles. The Bertz CT molecular complexity index is 262. The van der Waals surface area contributed by atoms with E-state index in [0.29, 0.717) is 0 Å². The van der Waals surface area contributed by atoms with Crippen LogP contribution in [0.1, 0.15) is 25.7 Å². The van der Waals surface area contributed by atoms with Crippen molar-refractivity contribution in [3.8, 4) is 0 Å². The summed E-state index contributed by atoms with van der Waals surface area (Å²) in [5.41, 5.74) is 0. The molecule has 32 heavy (non-hydrogen) atoms. The molecule has 0 spiro atoms. The molecule has 0 saturated carbocycles. The molecule has 0 amide bonds. The van der Waals surface area contributed by atoms with Gasteiger partial charge in [-0.2, -0.15) is 0 Å². The quantitative estimate of drug-likeness (QED) is 0.342. The first-order valence-electron chi connectivity index (χ1n) is 12.6. The van der Waals surface area contributed by atoms with Gasteiger partial charge in [0.2, 0.25) is 0 Å². The van der Waals surface area contributed by atoms with E-state index in [1.165, 1.54) is 25.7 Å². The molecule has 0 unspecified atom stereocenters. The van der Waals surface area contributed by atoms with Crippen molar-refractivity contribution in [3.05, 3.63) is 13.9 Å². The first-order chi connectivity index (χ1) is 14.4. The predicted molar refractivity (Wildman–Crippen MR) is 163 cm³/mol. The third-order valence-corrected chi connectivity index (χ3v) is 17.8. The molecule has 5 nitrogen and oxygen atoms in total. The van der Waals surface area contributed by atoms with E-state index in [1.54, 1.807) is 0 Å². The van der Waals surface area contributed by atoms with Gasteiger partial charge in [-0.05, 0) is 25.7 Å². The molecule has 0 aromatic rings. The molecule has 0 bridgehead atoms. The van der Waals surface area contributed by atoms with Gasteiger partial charge in [0.05, 0.1) is 0 Å². The molecular formula is C20H58EuN3O2Si6. The van der Waals surface area contributed by atoms with Gasteiger partial charge in [0.1, 0.15) is 0 Å². The van der Waals surface area contributed by atoms with Crippen LogP contribution in [0.3, 0.4) is 0 Å². The monoisotopic (exact) mass is 693 g/mol. The van der Waals surface area contributed by atoms with Crippen LogP contribution in [0.2, 0.25) is 78.6 Å². The number of nitrogens with zero attached hydrogens (tertiary/aromatic N) is 3. The van der Waals surface area contributed by atoms with Crippen molar-refractivity contribution in [1.82, 2.24) is 0 Å². The molecule has 2 fully saturated rings. The van der Waals surface area contributed by atoms with Crippen LogP contribution in [0.4, 0.5) is 0 Å². The van der Waals surface area contributed by atoms with Crippen molar-refractivity contribution in [2.24, 2.45) is 0 Å². The fourth-order valence-corrected chi connectivity index (χ4v) is 17.1. The Morgan fingerprint density at radius 3 is 0.562 bits per heavy atom. The molecule has 2 heterocycles. The SMILES string of the molecule is C1CCOC1.C1CCOC1.C[SiH](C)[N-][SiH](C)C.C[SiH](C)[N-][SiH](C)C.C[SiH](C)[N-][SiH](C)C.[Eu+3]. The van der Waals surface area contributed by atoms with Gasteiger partial charge in [0.15, 0.2) is 0 Å². The molecule has 12 heteroatoms. The maximum atomic E-state index is 4.94. The Hall–Kier alpha value is 2.69. The minimum Gasteiger partial charge on any atom is -0.672 e. The normalized spacial score (nSPS) is 14.8. The van der Waals surface area contributed by atoms with Gasteiger partial charge >= 0.3 is 49.4 Å². The van der Waals surface area contributed by atoms with Gasteiger partial charge in [-0.1, -0.05) is 132 Å². The van der Waals surface area contributed by atoms with Crippen molar-refractivity contribution in [3.63, 3.8) is 0 Å². The Labute approximate surface area is 254 Å². The first-order valence-corrected chi connectivity index (χ1v) is 29.6. The van der Waals surface area contributed by atoms with E-state index in [-0.39, 0.29) is 49.4 Å². The Morgan fingerprint density at radius 1 is 0.375 bits per heavy atom. The zero-order chi connectivity index (χ0) is 24.7. The first kappa shape index (κ1) is 41.8. The maximum Gasteiger partial charge on any atom is 3.00 e. The standard InChI is InChI=1S/3C4H14NSi2.2C4H8O.Eu/c3*1-6(2)5-7(3)4;2*1-2-4-5-3-1;/h3*6-7H,1-4H3;2*1-4H2;/q3*-1;;;+3. The van der Waals surface area contributed by atoms with E-state index in [2.05, 4.69) is 92.5 Å². The van der Waals surface area contributed by atoms with Gasteiger partial charge in [0, 0.05) is 26.4 Å². The molecule has 0 radical (unpaired) electrons. The molecule has 196 valence electrons. The van der Waals surface area contributed by atoms with Crippen LogP contribution < -0.4 is 0 Å². The number of ether oxygens (including phenoxy) is 2. The topological polar surface area (TPSA) is 60.8 Å². The van der Waals surface area contributed by atoms with Gasteiger partial charge < -0.3 is 23.4 Å². The van der Waals surface area contributed by atoms with Crippen LogP contribution in [0.15, 0.2) is 0 Å². The van der Waals surface area contributed by atoms with E-state index in [4.69, 9.17) is 9.47 Å². The Kier molecular flexibility index (Phi) is 41.4. The van der Waals surface area contributed by atoms with E-state index >= 15 is 0 Å². The maximum absolute atomic E-state index is 4.94. The van der Waals surface area contributed by atoms with E-state index in [1.807, 2.05) is 0 Å². The molecule has 0 aromatic heterocycles. The predicted octanol–water partition coefficient (Wildman–Crippen LogP) is 5.57. The van der Waals surface area contributed by atoms with E-state index < -0.39 is 53.7 Å². The summed E-state index contributed by atoms with van der Waals surface area (Å²) < 4.78 is 23.6. The second kappa shape index (κ2) is 31.7. The number of hydrogen-bond donors (Lipinski definition) is 0. The van der Waals surface area contributed by atoms with Gasteiger partial charge in [0.25, 0.3) is 0 Å². The minimum absolute atomic E-state index is 0. The zero-order valence-corrected chi connectivity index (χ0v) is 33.0. The smallest absolute Gasteiger partial charge is 0.672 e. The van der Waals surface area contributed by atoms with Gasteiger partial charge in [-0.25, -0.2) is 0 Å². The third kappa shape index (κ3) is 53.9. The van der Waals surface area contributed by atoms with Crippen LogP contribution in [-0.2, 0) is 9.47 Å². The van der Waals surface area contributed by atoms with Gasteiger partial charge in [-0.3, -0.25) is 0 Å². The van der Waals surface area contributed by atoms with Crippen LogP contribution >= 0.6 is 0 Å². The summed E-state index contributed by atoms with van der Waals surface area (Å²) in [6.07, 6.45) is 5.11. The summed E-state index contributed by atoms with van der Waals surface area (Å²) in [6.45, 7) is 31.2. The van der Waals surface area contributed by atoms with E-state index in [0.717, 1.165) is 26.4 Å². The van der Waals surface area contributed by atoms with Crippen molar-refractivity contribution in [1.29, 1.82) is 0 Å². The van der Waals surface area contributed by atoms with Crippen LogP contribution in [0, 0.1) is 49.4 Å². The van der Waals surface area contributed by atoms with Crippen LogP contribution in [0.25, 0.3) is 13.9 Å². The van der Waals surface area contributed by atoms with Crippen LogP contribution in [-0.4, -0.2) is 80.2 Å². The van der Waals surface area contributed by atoms with Crippen molar-refractivity contribution in [2.75, 3.05) is 26.4 Å². The van der Waals surface area contributed by atoms with Gasteiger partial charge in [-0.15, -0.1) is 0 Å². The summed E-state index contributed by atoms with van der Waals surface area (Å²) in [6, 6.07) is 0. The number of rotatable bonds is 6. The average Bonchev–Trinajstić information content (AvgIpc) is 3.32. The summed E-state index contributed by atoms with van der Waals surface area (Å²) in [5.74, 6) is 0. The third-order valence-electron chi connectivity index (χ3n) is 3.44. The molecule has 2 aliphatic heterocycles. The summed E-state index contributed by atoms with van der Waals surface area (Å²) in [5, 5.41) is 0. The summed E-state index contributed by atoms with van der Waals surface area (Å²) in [4.78, 5) is 0. The molecule has 2 saturated heterocycles. The fraction of sp³-hybridized carbons (Fsp3) is 1.00. The largest absolute Gasteiger partial charge is 3.00 e. The fourth-order valence-electron chi connectivity index (χ4n) is 2.81. The van der Waals surface area contributed by atoms with Crippen molar-refractivity contribution >= 4 is 53.7 Å². The Balaban J connectivity index is -0.000000153. The number of hydrogen-bond acceptors (Lipinski definition) is 2. The second-order valence-corrected chi connectivity index (χ2v) is 26.4. The molecule has 0 aliphatic carbocycles. The van der Waals surface area contributed by atoms with Crippen molar-refractivity contribution in [2.45, 2.75) is 104 Å². The molecule has 0 atom stereocenters. The molecular weight excluding hydrogens is 635 g/mol. The van der Waals surface area contributed by atoms with E-state index in [9.17, 15) is 0 Å². The van der Waals surface area contributed by atoms with Crippen LogP contribution in [0.5, 0.6) is 0 Å². The summed E-state index contributed by atoms with van der Waals surface area (Å²) >= 11 is 0. The molecule has 0 N–H and O–H groups in total. The van der Waals surface area contributed by atoms with Crippen molar-refractivity contribution < 1.29 is 58.9 Å².